The molecule has 7 nitrogen and oxygen atoms in total. The number of carbonyl (C=O) groups is 1. The Hall–Kier alpha value is -2.83. The average Bonchev–Trinajstić information content (AvgIpc) is 2.38. The van der Waals surface area contributed by atoms with Gasteiger partial charge in [0.05, 0.1) is 5.69 Å². The van der Waals surface area contributed by atoms with E-state index in [2.05, 4.69) is 0 Å². The number of amides is 1. The van der Waals surface area contributed by atoms with Crippen LogP contribution >= 0.6 is 0 Å². The van der Waals surface area contributed by atoms with E-state index in [1.807, 2.05) is 11.9 Å². The molecule has 0 atom stereocenters. The summed E-state index contributed by atoms with van der Waals surface area (Å²) in [6, 6.07) is 6.75. The molecule has 104 valence electrons. The van der Waals surface area contributed by atoms with Crippen LogP contribution in [0.5, 0.6) is 5.88 Å². The minimum Gasteiger partial charge on any atom is -0.493 e. The van der Waals surface area contributed by atoms with Crippen LogP contribution in [0.25, 0.3) is 5.69 Å². The quantitative estimate of drug-likeness (QED) is 0.724. The van der Waals surface area contributed by atoms with Crippen LogP contribution in [0.2, 0.25) is 0 Å². The minimum absolute atomic E-state index is 0.323. The first-order chi connectivity index (χ1) is 9.45. The molecule has 0 aliphatic rings. The number of H-pyrrole nitrogens is 1. The maximum Gasteiger partial charge on any atom is 0.335 e. The Bertz CT molecular complexity index is 772. The van der Waals surface area contributed by atoms with E-state index in [0.717, 1.165) is 16.6 Å². The molecule has 0 unspecified atom stereocenters. The summed E-state index contributed by atoms with van der Waals surface area (Å²) in [5.41, 5.74) is 3.88. The summed E-state index contributed by atoms with van der Waals surface area (Å²) in [5, 5.41) is 9.94. The zero-order valence-electron chi connectivity index (χ0n) is 10.7. The lowest BCUT2D eigenvalue weighted by atomic mass is 10.1. The number of nitrogens with one attached hydrogen (secondary N) is 1. The predicted molar refractivity (Wildman–Crippen MR) is 72.2 cm³/mol. The largest absolute Gasteiger partial charge is 0.493 e. The van der Waals surface area contributed by atoms with Gasteiger partial charge in [-0.1, -0.05) is 19.1 Å². The van der Waals surface area contributed by atoms with Crippen LogP contribution in [-0.4, -0.2) is 20.6 Å². The molecule has 0 fully saturated rings. The second-order valence-corrected chi connectivity index (χ2v) is 4.18. The van der Waals surface area contributed by atoms with Crippen LogP contribution in [0.4, 0.5) is 0 Å². The number of rotatable bonds is 3. The molecule has 4 N–H and O–H groups in total. The molecule has 2 rings (SSSR count). The first kappa shape index (κ1) is 13.6. The molecule has 0 saturated carbocycles. The van der Waals surface area contributed by atoms with Gasteiger partial charge in [-0.2, -0.15) is 0 Å². The monoisotopic (exact) mass is 275 g/mol. The van der Waals surface area contributed by atoms with Gasteiger partial charge in [0, 0.05) is 0 Å². The van der Waals surface area contributed by atoms with Crippen LogP contribution < -0.4 is 17.0 Å². The summed E-state index contributed by atoms with van der Waals surface area (Å²) < 4.78 is 0.820. The fourth-order valence-electron chi connectivity index (χ4n) is 1.87. The van der Waals surface area contributed by atoms with E-state index in [1.165, 1.54) is 0 Å². The van der Waals surface area contributed by atoms with Crippen molar-refractivity contribution in [1.82, 2.24) is 9.55 Å². The topological polar surface area (TPSA) is 118 Å². The van der Waals surface area contributed by atoms with Crippen LogP contribution in [0.15, 0.2) is 33.9 Å². The second kappa shape index (κ2) is 5.04. The Morgan fingerprint density at radius 1 is 1.30 bits per heavy atom. The number of aromatic amines is 1. The number of aromatic nitrogens is 2. The maximum absolute atomic E-state index is 11.8. The number of nitrogens with zero attached hydrogens (tertiary/aromatic N) is 1. The molecular formula is C13H13N3O4. The smallest absolute Gasteiger partial charge is 0.335 e. The van der Waals surface area contributed by atoms with Gasteiger partial charge in [-0.3, -0.25) is 14.6 Å². The zero-order chi connectivity index (χ0) is 14.9. The van der Waals surface area contributed by atoms with Crippen molar-refractivity contribution in [3.8, 4) is 11.6 Å². The third-order valence-electron chi connectivity index (χ3n) is 2.94. The van der Waals surface area contributed by atoms with E-state index in [4.69, 9.17) is 5.73 Å². The van der Waals surface area contributed by atoms with E-state index in [1.54, 1.807) is 24.3 Å². The van der Waals surface area contributed by atoms with Crippen molar-refractivity contribution in [2.24, 2.45) is 5.73 Å². The third kappa shape index (κ3) is 2.20. The SMILES string of the molecule is CCc1ccc(-n2c(O)c(C(N)=O)c(=O)[nH]c2=O)cc1. The van der Waals surface area contributed by atoms with Gasteiger partial charge in [-0.05, 0) is 24.1 Å². The van der Waals surface area contributed by atoms with Gasteiger partial charge in [-0.15, -0.1) is 0 Å². The van der Waals surface area contributed by atoms with Crippen LogP contribution in [-0.2, 0) is 6.42 Å². The standard InChI is InChI=1S/C13H13N3O4/c1-2-7-3-5-8(6-4-7)16-12(19)9(10(14)17)11(18)15-13(16)20/h3-6,19H,2H2,1H3,(H2,14,17)(H,15,18,20). The second-order valence-electron chi connectivity index (χ2n) is 4.18. The fourth-order valence-corrected chi connectivity index (χ4v) is 1.87. The molecule has 0 saturated heterocycles. The van der Waals surface area contributed by atoms with Crippen molar-refractivity contribution >= 4 is 5.91 Å². The Labute approximate surface area is 113 Å². The first-order valence-corrected chi connectivity index (χ1v) is 5.93. The molecule has 2 aromatic rings. The molecule has 7 heteroatoms. The molecular weight excluding hydrogens is 262 g/mol. The molecule has 0 aliphatic carbocycles. The summed E-state index contributed by atoms with van der Waals surface area (Å²) in [4.78, 5) is 36.4. The highest BCUT2D eigenvalue weighted by Crippen LogP contribution is 2.16. The van der Waals surface area contributed by atoms with Gasteiger partial charge >= 0.3 is 5.69 Å². The fraction of sp³-hybridized carbons (Fsp3) is 0.154. The number of hydrogen-bond donors (Lipinski definition) is 3. The molecule has 0 bridgehead atoms. The van der Waals surface area contributed by atoms with E-state index in [9.17, 15) is 19.5 Å². The van der Waals surface area contributed by atoms with Crippen molar-refractivity contribution in [2.45, 2.75) is 13.3 Å². The van der Waals surface area contributed by atoms with Gasteiger partial charge in [0.1, 0.15) is 0 Å². The van der Waals surface area contributed by atoms with Crippen molar-refractivity contribution in [2.75, 3.05) is 0 Å². The van der Waals surface area contributed by atoms with Crippen molar-refractivity contribution in [3.63, 3.8) is 0 Å². The lowest BCUT2D eigenvalue weighted by molar-refractivity contribution is 0.0995. The lowest BCUT2D eigenvalue weighted by Crippen LogP contribution is -2.34. The minimum atomic E-state index is -1.11. The van der Waals surface area contributed by atoms with E-state index in [-0.39, 0.29) is 0 Å². The van der Waals surface area contributed by atoms with Gasteiger partial charge in [0.15, 0.2) is 5.56 Å². The summed E-state index contributed by atoms with van der Waals surface area (Å²) in [6.07, 6.45) is 0.819. The number of carbonyl (C=O) groups excluding carboxylic acids is 1. The predicted octanol–water partition coefficient (Wildman–Crippen LogP) is -0.107. The number of aryl methyl sites for hydroxylation is 1. The number of primary amides is 1. The van der Waals surface area contributed by atoms with Gasteiger partial charge < -0.3 is 10.8 Å². The summed E-state index contributed by atoms with van der Waals surface area (Å²) >= 11 is 0. The van der Waals surface area contributed by atoms with Crippen molar-refractivity contribution in [3.05, 3.63) is 56.2 Å². The van der Waals surface area contributed by atoms with Crippen LogP contribution in [0, 0.1) is 0 Å². The Kier molecular flexibility index (Phi) is 3.43. The molecule has 20 heavy (non-hydrogen) atoms. The third-order valence-corrected chi connectivity index (χ3v) is 2.94. The molecule has 1 aromatic carbocycles. The Morgan fingerprint density at radius 2 is 1.90 bits per heavy atom. The maximum atomic E-state index is 11.8. The summed E-state index contributed by atoms with van der Waals surface area (Å²) in [7, 11) is 0. The van der Waals surface area contributed by atoms with Gasteiger partial charge in [0.2, 0.25) is 5.88 Å². The number of nitrogens with two attached hydrogens (primary N) is 1. The molecule has 0 spiro atoms. The van der Waals surface area contributed by atoms with Crippen LogP contribution in [0.1, 0.15) is 22.8 Å². The van der Waals surface area contributed by atoms with Crippen molar-refractivity contribution < 1.29 is 9.90 Å². The molecule has 1 amide bonds. The summed E-state index contributed by atoms with van der Waals surface area (Å²) in [5.74, 6) is -1.88. The lowest BCUT2D eigenvalue weighted by Gasteiger charge is -2.10. The highest BCUT2D eigenvalue weighted by atomic mass is 16.3. The average molecular weight is 275 g/mol. The molecule has 1 heterocycles. The Balaban J connectivity index is 2.73. The molecule has 0 aliphatic heterocycles. The highest BCUT2D eigenvalue weighted by Gasteiger charge is 2.19. The molecule has 0 radical (unpaired) electrons. The number of hydrogen-bond acceptors (Lipinski definition) is 4. The summed E-state index contributed by atoms with van der Waals surface area (Å²) in [6.45, 7) is 1.98. The van der Waals surface area contributed by atoms with Crippen LogP contribution in [0.3, 0.4) is 0 Å². The number of benzene rings is 1. The van der Waals surface area contributed by atoms with E-state index in [0.29, 0.717) is 5.69 Å². The zero-order valence-corrected chi connectivity index (χ0v) is 10.7. The number of aromatic hydroxyl groups is 1. The van der Waals surface area contributed by atoms with Gasteiger partial charge in [-0.25, -0.2) is 9.36 Å². The van der Waals surface area contributed by atoms with E-state index >= 15 is 0 Å². The highest BCUT2D eigenvalue weighted by molar-refractivity contribution is 5.94. The van der Waals surface area contributed by atoms with Crippen molar-refractivity contribution in [1.29, 1.82) is 0 Å². The first-order valence-electron chi connectivity index (χ1n) is 5.93. The van der Waals surface area contributed by atoms with E-state index < -0.39 is 28.6 Å². The Morgan fingerprint density at radius 3 is 2.40 bits per heavy atom. The normalized spacial score (nSPS) is 10.4. The van der Waals surface area contributed by atoms with Gasteiger partial charge in [0.25, 0.3) is 11.5 Å². The molecule has 1 aromatic heterocycles.